The summed E-state index contributed by atoms with van der Waals surface area (Å²) < 4.78 is 5.45. The molecule has 1 saturated carbocycles. The van der Waals surface area contributed by atoms with Crippen molar-refractivity contribution in [2.75, 3.05) is 18.5 Å². The first-order chi connectivity index (χ1) is 13.4. The quantitative estimate of drug-likeness (QED) is 0.597. The molecule has 2 fully saturated rings. The molecule has 1 heterocycles. The van der Waals surface area contributed by atoms with Crippen molar-refractivity contribution in [2.45, 2.75) is 45.6 Å². The van der Waals surface area contributed by atoms with Gasteiger partial charge >= 0.3 is 17.8 Å². The third kappa shape index (κ3) is 3.85. The standard InChI is InChI=1S/C20H25N3O5/c1-3-28-16-11-7-5-9-14(16)21-17(24)12-22-18(25)19(26)23(20(22)27)15-10-6-4-8-13(15)2/h5,7,9,11,13,15H,3-4,6,8,10,12H2,1-2H3,(H,21,24)/t13-,15+/m1/s1. The maximum Gasteiger partial charge on any atom is 0.334 e. The number of para-hydroxylation sites is 2. The highest BCUT2D eigenvalue weighted by Crippen LogP contribution is 2.31. The van der Waals surface area contributed by atoms with Crippen LogP contribution in [0.15, 0.2) is 24.3 Å². The molecule has 0 bridgehead atoms. The Hall–Kier alpha value is -2.90. The molecule has 1 aromatic rings. The summed E-state index contributed by atoms with van der Waals surface area (Å²) in [5, 5.41) is 2.64. The lowest BCUT2D eigenvalue weighted by atomic mass is 9.85. The number of imide groups is 2. The number of benzene rings is 1. The van der Waals surface area contributed by atoms with Crippen molar-refractivity contribution in [3.05, 3.63) is 24.3 Å². The van der Waals surface area contributed by atoms with E-state index in [1.165, 1.54) is 0 Å². The average molecular weight is 387 g/mol. The molecule has 0 spiro atoms. The number of nitrogens with zero attached hydrogens (tertiary/aromatic N) is 2. The zero-order chi connectivity index (χ0) is 20.3. The second-order valence-electron chi connectivity index (χ2n) is 7.16. The first kappa shape index (κ1) is 19.9. The summed E-state index contributed by atoms with van der Waals surface area (Å²) in [5.74, 6) is -1.73. The molecule has 8 nitrogen and oxygen atoms in total. The molecule has 0 unspecified atom stereocenters. The topological polar surface area (TPSA) is 96.0 Å². The fourth-order valence-electron chi connectivity index (χ4n) is 3.82. The fourth-order valence-corrected chi connectivity index (χ4v) is 3.82. The Labute approximate surface area is 163 Å². The molecular weight excluding hydrogens is 362 g/mol. The van der Waals surface area contributed by atoms with Gasteiger partial charge in [0.2, 0.25) is 5.91 Å². The minimum absolute atomic E-state index is 0.140. The van der Waals surface area contributed by atoms with Gasteiger partial charge in [-0.25, -0.2) is 9.69 Å². The molecule has 5 amide bonds. The molecule has 2 atom stereocenters. The summed E-state index contributed by atoms with van der Waals surface area (Å²) in [6, 6.07) is 5.89. The number of urea groups is 1. The zero-order valence-electron chi connectivity index (χ0n) is 16.1. The van der Waals surface area contributed by atoms with Crippen molar-refractivity contribution in [3.8, 4) is 5.75 Å². The number of nitrogens with one attached hydrogen (secondary N) is 1. The number of carbonyl (C=O) groups is 4. The minimum Gasteiger partial charge on any atom is -0.492 e. The van der Waals surface area contributed by atoms with Gasteiger partial charge in [-0.1, -0.05) is 31.9 Å². The van der Waals surface area contributed by atoms with Crippen molar-refractivity contribution in [3.63, 3.8) is 0 Å². The highest BCUT2D eigenvalue weighted by Gasteiger charge is 2.49. The molecule has 0 aromatic heterocycles. The van der Waals surface area contributed by atoms with Gasteiger partial charge in [0.25, 0.3) is 0 Å². The third-order valence-corrected chi connectivity index (χ3v) is 5.24. The molecule has 1 saturated heterocycles. The van der Waals surface area contributed by atoms with Crippen LogP contribution < -0.4 is 10.1 Å². The number of hydrogen-bond acceptors (Lipinski definition) is 5. The molecule has 1 aliphatic carbocycles. The first-order valence-electron chi connectivity index (χ1n) is 9.64. The Bertz CT molecular complexity index is 794. The van der Waals surface area contributed by atoms with E-state index in [4.69, 9.17) is 4.74 Å². The third-order valence-electron chi connectivity index (χ3n) is 5.24. The number of anilines is 1. The summed E-state index contributed by atoms with van der Waals surface area (Å²) >= 11 is 0. The monoisotopic (exact) mass is 387 g/mol. The second kappa shape index (κ2) is 8.41. The van der Waals surface area contributed by atoms with Gasteiger partial charge in [-0.2, -0.15) is 0 Å². The van der Waals surface area contributed by atoms with Gasteiger partial charge in [0, 0.05) is 6.04 Å². The van der Waals surface area contributed by atoms with Crippen molar-refractivity contribution >= 4 is 29.4 Å². The van der Waals surface area contributed by atoms with Crippen LogP contribution in [0.4, 0.5) is 10.5 Å². The highest BCUT2D eigenvalue weighted by atomic mass is 16.5. The van der Waals surface area contributed by atoms with Gasteiger partial charge in [-0.3, -0.25) is 19.3 Å². The van der Waals surface area contributed by atoms with E-state index in [0.29, 0.717) is 24.5 Å². The summed E-state index contributed by atoms with van der Waals surface area (Å²) in [5.41, 5.74) is 0.442. The van der Waals surface area contributed by atoms with Crippen LogP contribution in [-0.4, -0.2) is 52.7 Å². The van der Waals surface area contributed by atoms with E-state index in [-0.39, 0.29) is 12.0 Å². The summed E-state index contributed by atoms with van der Waals surface area (Å²) in [4.78, 5) is 51.7. The molecule has 2 aliphatic rings. The molecule has 1 N–H and O–H groups in total. The molecule has 3 rings (SSSR count). The van der Waals surface area contributed by atoms with E-state index >= 15 is 0 Å². The fraction of sp³-hybridized carbons (Fsp3) is 0.500. The number of amides is 5. The van der Waals surface area contributed by atoms with Gasteiger partial charge in [0.1, 0.15) is 12.3 Å². The van der Waals surface area contributed by atoms with E-state index in [0.717, 1.165) is 29.1 Å². The van der Waals surface area contributed by atoms with Gasteiger partial charge in [-0.05, 0) is 37.8 Å². The molecule has 150 valence electrons. The van der Waals surface area contributed by atoms with Crippen molar-refractivity contribution < 1.29 is 23.9 Å². The van der Waals surface area contributed by atoms with E-state index in [1.807, 2.05) is 13.8 Å². The van der Waals surface area contributed by atoms with Gasteiger partial charge in [0.05, 0.1) is 12.3 Å². The van der Waals surface area contributed by atoms with Crippen LogP contribution in [-0.2, 0) is 14.4 Å². The molecule has 28 heavy (non-hydrogen) atoms. The highest BCUT2D eigenvalue weighted by molar-refractivity contribution is 6.45. The van der Waals surface area contributed by atoms with E-state index < -0.39 is 30.3 Å². The smallest absolute Gasteiger partial charge is 0.334 e. The van der Waals surface area contributed by atoms with Crippen LogP contribution in [0.1, 0.15) is 39.5 Å². The lowest BCUT2D eigenvalue weighted by molar-refractivity contribution is -0.145. The van der Waals surface area contributed by atoms with Crippen LogP contribution in [0.5, 0.6) is 5.75 Å². The first-order valence-corrected chi connectivity index (χ1v) is 9.64. The van der Waals surface area contributed by atoms with Gasteiger partial charge in [0.15, 0.2) is 0 Å². The number of ether oxygens (including phenoxy) is 1. The van der Waals surface area contributed by atoms with Gasteiger partial charge < -0.3 is 10.1 Å². The second-order valence-corrected chi connectivity index (χ2v) is 7.16. The average Bonchev–Trinajstić information content (AvgIpc) is 2.88. The van der Waals surface area contributed by atoms with E-state index in [2.05, 4.69) is 5.32 Å². The zero-order valence-corrected chi connectivity index (χ0v) is 16.1. The normalized spacial score (nSPS) is 22.6. The van der Waals surface area contributed by atoms with E-state index in [1.54, 1.807) is 24.3 Å². The molecule has 1 aliphatic heterocycles. The summed E-state index contributed by atoms with van der Waals surface area (Å²) in [7, 11) is 0. The Balaban J connectivity index is 1.70. The lowest BCUT2D eigenvalue weighted by Crippen LogP contribution is -2.46. The molecule has 8 heteroatoms. The molecule has 0 radical (unpaired) electrons. The predicted molar refractivity (Wildman–Crippen MR) is 102 cm³/mol. The molecule has 1 aromatic carbocycles. The predicted octanol–water partition coefficient (Wildman–Crippen LogP) is 2.39. The van der Waals surface area contributed by atoms with Crippen molar-refractivity contribution in [1.82, 2.24) is 9.80 Å². The van der Waals surface area contributed by atoms with Gasteiger partial charge in [-0.15, -0.1) is 0 Å². The van der Waals surface area contributed by atoms with E-state index in [9.17, 15) is 19.2 Å². The Morgan fingerprint density at radius 3 is 2.57 bits per heavy atom. The summed E-state index contributed by atoms with van der Waals surface area (Å²) in [6.45, 7) is 3.72. The number of rotatable bonds is 6. The molecular formula is C20H25N3O5. The van der Waals surface area contributed by atoms with Crippen LogP contribution >= 0.6 is 0 Å². The van der Waals surface area contributed by atoms with Crippen molar-refractivity contribution in [2.24, 2.45) is 5.92 Å². The maximum absolute atomic E-state index is 12.7. The number of hydrogen-bond donors (Lipinski definition) is 1. The van der Waals surface area contributed by atoms with Crippen LogP contribution in [0.3, 0.4) is 0 Å². The Morgan fingerprint density at radius 2 is 1.86 bits per heavy atom. The van der Waals surface area contributed by atoms with Crippen molar-refractivity contribution in [1.29, 1.82) is 0 Å². The van der Waals surface area contributed by atoms with Crippen LogP contribution in [0.25, 0.3) is 0 Å². The maximum atomic E-state index is 12.7. The summed E-state index contributed by atoms with van der Waals surface area (Å²) in [6.07, 6.45) is 3.56. The van der Waals surface area contributed by atoms with Crippen LogP contribution in [0.2, 0.25) is 0 Å². The Kier molecular flexibility index (Phi) is 5.96. The minimum atomic E-state index is -0.948. The van der Waals surface area contributed by atoms with Crippen LogP contribution in [0, 0.1) is 5.92 Å². The Morgan fingerprint density at radius 1 is 1.14 bits per heavy atom. The SMILES string of the molecule is CCOc1ccccc1NC(=O)CN1C(=O)C(=O)N([C@H]2CCCC[C@H]2C)C1=O. The largest absolute Gasteiger partial charge is 0.492 e. The number of carbonyl (C=O) groups excluding carboxylic acids is 4. The lowest BCUT2D eigenvalue weighted by Gasteiger charge is -2.34.